The molecule has 3 heteroatoms. The quantitative estimate of drug-likeness (QED) is 0.736. The van der Waals surface area contributed by atoms with Crippen LogP contribution in [0.1, 0.15) is 25.8 Å². The highest BCUT2D eigenvalue weighted by molar-refractivity contribution is 5.78. The van der Waals surface area contributed by atoms with Crippen LogP contribution in [0.5, 0.6) is 0 Å². The van der Waals surface area contributed by atoms with Crippen molar-refractivity contribution in [1.82, 2.24) is 10.3 Å². The zero-order chi connectivity index (χ0) is 10.4. The molecule has 0 aliphatic carbocycles. The fourth-order valence-corrected chi connectivity index (χ4v) is 1.22. The lowest BCUT2D eigenvalue weighted by molar-refractivity contribution is -0.120. The summed E-state index contributed by atoms with van der Waals surface area (Å²) in [5.41, 5.74) is 1.03. The molecule has 1 aromatic heterocycles. The molecule has 1 amide bonds. The molecule has 0 fully saturated rings. The average molecular weight is 194 g/mol. The molecule has 0 radical (unpaired) electrons. The van der Waals surface area contributed by atoms with E-state index in [4.69, 9.17) is 0 Å². The summed E-state index contributed by atoms with van der Waals surface area (Å²) < 4.78 is 0. The Bertz CT molecular complexity index is 265. The Hall–Kier alpha value is -1.25. The van der Waals surface area contributed by atoms with Crippen molar-refractivity contribution in [3.05, 3.63) is 24.0 Å². The molecule has 0 saturated carbocycles. The normalized spacial score (nSPS) is 10.5. The van der Waals surface area contributed by atoms with Gasteiger partial charge in [-0.05, 0) is 24.0 Å². The summed E-state index contributed by atoms with van der Waals surface area (Å²) in [7, 11) is 0. The average Bonchev–Trinajstić information content (AvgIpc) is 2.56. The van der Waals surface area contributed by atoms with Gasteiger partial charge in [-0.15, -0.1) is 0 Å². The van der Waals surface area contributed by atoms with Crippen molar-refractivity contribution in [3.8, 4) is 0 Å². The second-order valence-electron chi connectivity index (χ2n) is 3.93. The molecular formula is C11H18N2O. The van der Waals surface area contributed by atoms with Crippen LogP contribution in [0, 0.1) is 5.92 Å². The predicted molar refractivity (Wildman–Crippen MR) is 57.0 cm³/mol. The van der Waals surface area contributed by atoms with Gasteiger partial charge in [-0.3, -0.25) is 4.79 Å². The summed E-state index contributed by atoms with van der Waals surface area (Å²) in [5.74, 6) is 0.743. The predicted octanol–water partition coefficient (Wildman–Crippen LogP) is 1.72. The van der Waals surface area contributed by atoms with E-state index in [0.29, 0.717) is 12.3 Å². The second kappa shape index (κ2) is 5.47. The van der Waals surface area contributed by atoms with Crippen LogP contribution < -0.4 is 5.32 Å². The van der Waals surface area contributed by atoms with Crippen molar-refractivity contribution < 1.29 is 4.79 Å². The molecule has 0 saturated heterocycles. The summed E-state index contributed by atoms with van der Waals surface area (Å²) in [6, 6.07) is 1.92. The van der Waals surface area contributed by atoms with Gasteiger partial charge in [-0.25, -0.2) is 0 Å². The van der Waals surface area contributed by atoms with Crippen LogP contribution in [-0.4, -0.2) is 17.4 Å². The molecule has 1 aromatic rings. The summed E-state index contributed by atoms with van der Waals surface area (Å²) in [4.78, 5) is 14.3. The van der Waals surface area contributed by atoms with Crippen molar-refractivity contribution in [2.45, 2.75) is 26.7 Å². The monoisotopic (exact) mass is 194 g/mol. The van der Waals surface area contributed by atoms with Crippen molar-refractivity contribution in [1.29, 1.82) is 0 Å². The maximum absolute atomic E-state index is 11.4. The molecule has 1 heterocycles. The van der Waals surface area contributed by atoms with Crippen LogP contribution in [0.3, 0.4) is 0 Å². The lowest BCUT2D eigenvalue weighted by atomic mass is 10.1. The molecule has 0 spiro atoms. The van der Waals surface area contributed by atoms with E-state index in [1.165, 1.54) is 0 Å². The van der Waals surface area contributed by atoms with Crippen LogP contribution in [0.4, 0.5) is 0 Å². The second-order valence-corrected chi connectivity index (χ2v) is 3.93. The standard InChI is InChI=1S/C11H18N2O/c1-9(2)3-6-13-11(14)7-10-4-5-12-8-10/h4-5,8-9,12H,3,6-7H2,1-2H3,(H,13,14). The number of aromatic amines is 1. The van der Waals surface area contributed by atoms with E-state index in [0.717, 1.165) is 18.5 Å². The first kappa shape index (κ1) is 10.8. The van der Waals surface area contributed by atoms with Gasteiger partial charge < -0.3 is 10.3 Å². The van der Waals surface area contributed by atoms with Gasteiger partial charge in [0.05, 0.1) is 6.42 Å². The van der Waals surface area contributed by atoms with Gasteiger partial charge in [0.2, 0.25) is 5.91 Å². The molecule has 78 valence electrons. The highest BCUT2D eigenvalue weighted by Gasteiger charge is 2.02. The van der Waals surface area contributed by atoms with Gasteiger partial charge >= 0.3 is 0 Å². The van der Waals surface area contributed by atoms with Gasteiger partial charge in [-0.1, -0.05) is 13.8 Å². The van der Waals surface area contributed by atoms with E-state index in [9.17, 15) is 4.79 Å². The number of amides is 1. The van der Waals surface area contributed by atoms with E-state index in [1.54, 1.807) is 0 Å². The van der Waals surface area contributed by atoms with Crippen LogP contribution in [0.25, 0.3) is 0 Å². The van der Waals surface area contributed by atoms with E-state index >= 15 is 0 Å². The molecule has 1 rings (SSSR count). The third-order valence-electron chi connectivity index (χ3n) is 2.07. The van der Waals surface area contributed by atoms with Gasteiger partial charge in [0.15, 0.2) is 0 Å². The maximum atomic E-state index is 11.4. The fraction of sp³-hybridized carbons (Fsp3) is 0.545. The number of aromatic nitrogens is 1. The molecule has 0 aliphatic rings. The molecule has 14 heavy (non-hydrogen) atoms. The van der Waals surface area contributed by atoms with Crippen molar-refractivity contribution in [3.63, 3.8) is 0 Å². The lowest BCUT2D eigenvalue weighted by Crippen LogP contribution is -2.26. The summed E-state index contributed by atoms with van der Waals surface area (Å²) in [5, 5.41) is 2.90. The summed E-state index contributed by atoms with van der Waals surface area (Å²) >= 11 is 0. The Kier molecular flexibility index (Phi) is 4.23. The Morgan fingerprint density at radius 3 is 2.93 bits per heavy atom. The third-order valence-corrected chi connectivity index (χ3v) is 2.07. The van der Waals surface area contributed by atoms with Gasteiger partial charge in [0, 0.05) is 18.9 Å². The van der Waals surface area contributed by atoms with Gasteiger partial charge in [0.1, 0.15) is 0 Å². The molecule has 0 bridgehead atoms. The topological polar surface area (TPSA) is 44.9 Å². The lowest BCUT2D eigenvalue weighted by Gasteiger charge is -2.06. The minimum Gasteiger partial charge on any atom is -0.367 e. The third kappa shape index (κ3) is 4.12. The Balaban J connectivity index is 2.17. The number of H-pyrrole nitrogens is 1. The first-order chi connectivity index (χ1) is 6.68. The Labute approximate surface area is 84.9 Å². The minimum atomic E-state index is 0.102. The Morgan fingerprint density at radius 1 is 1.57 bits per heavy atom. The van der Waals surface area contributed by atoms with Gasteiger partial charge in [-0.2, -0.15) is 0 Å². The highest BCUT2D eigenvalue weighted by Crippen LogP contribution is 1.99. The first-order valence-electron chi connectivity index (χ1n) is 5.07. The van der Waals surface area contributed by atoms with Gasteiger partial charge in [0.25, 0.3) is 0 Å². The first-order valence-corrected chi connectivity index (χ1v) is 5.07. The summed E-state index contributed by atoms with van der Waals surface area (Å²) in [6.07, 6.45) is 5.19. The molecule has 2 N–H and O–H groups in total. The number of carbonyl (C=O) groups is 1. The highest BCUT2D eigenvalue weighted by atomic mass is 16.1. The number of carbonyl (C=O) groups excluding carboxylic acids is 1. The fourth-order valence-electron chi connectivity index (χ4n) is 1.22. The maximum Gasteiger partial charge on any atom is 0.224 e. The van der Waals surface area contributed by atoms with Crippen molar-refractivity contribution >= 4 is 5.91 Å². The van der Waals surface area contributed by atoms with Crippen molar-refractivity contribution in [2.75, 3.05) is 6.54 Å². The molecule has 0 unspecified atom stereocenters. The Morgan fingerprint density at radius 2 is 2.36 bits per heavy atom. The largest absolute Gasteiger partial charge is 0.367 e. The molecule has 0 atom stereocenters. The number of hydrogen-bond donors (Lipinski definition) is 2. The van der Waals surface area contributed by atoms with Crippen molar-refractivity contribution in [2.24, 2.45) is 5.92 Å². The van der Waals surface area contributed by atoms with Crippen LogP contribution in [-0.2, 0) is 11.2 Å². The van der Waals surface area contributed by atoms with E-state index in [2.05, 4.69) is 24.1 Å². The molecule has 0 aromatic carbocycles. The summed E-state index contributed by atoms with van der Waals surface area (Å²) in [6.45, 7) is 5.08. The van der Waals surface area contributed by atoms with E-state index in [-0.39, 0.29) is 5.91 Å². The SMILES string of the molecule is CC(C)CCNC(=O)Cc1cc[nH]c1. The zero-order valence-corrected chi connectivity index (χ0v) is 8.84. The van der Waals surface area contributed by atoms with Crippen LogP contribution in [0.15, 0.2) is 18.5 Å². The van der Waals surface area contributed by atoms with Crippen LogP contribution in [0.2, 0.25) is 0 Å². The zero-order valence-electron chi connectivity index (χ0n) is 8.84. The van der Waals surface area contributed by atoms with Crippen LogP contribution >= 0.6 is 0 Å². The number of hydrogen-bond acceptors (Lipinski definition) is 1. The molecular weight excluding hydrogens is 176 g/mol. The van der Waals surface area contributed by atoms with E-state index in [1.807, 2.05) is 18.5 Å². The number of nitrogens with one attached hydrogen (secondary N) is 2. The number of rotatable bonds is 5. The molecule has 0 aliphatic heterocycles. The molecule has 3 nitrogen and oxygen atoms in total. The smallest absolute Gasteiger partial charge is 0.224 e. The minimum absolute atomic E-state index is 0.102. The van der Waals surface area contributed by atoms with E-state index < -0.39 is 0 Å².